The van der Waals surface area contributed by atoms with Crippen LogP contribution in [0.15, 0.2) is 29.2 Å². The van der Waals surface area contributed by atoms with E-state index in [2.05, 4.69) is 16.7 Å². The largest absolute Gasteiger partial charge is 0.380 e. The molecule has 1 fully saturated rings. The fraction of sp³-hybridized carbons (Fsp3) is 0.579. The maximum atomic E-state index is 12.3. The summed E-state index contributed by atoms with van der Waals surface area (Å²) in [6.07, 6.45) is 1.78. The minimum absolute atomic E-state index is 0.00732. The van der Waals surface area contributed by atoms with E-state index in [-0.39, 0.29) is 5.56 Å². The number of nitrogens with zero attached hydrogens (tertiary/aromatic N) is 4. The number of ether oxygens (including phenoxy) is 1. The van der Waals surface area contributed by atoms with Gasteiger partial charge in [0.2, 0.25) is 0 Å². The molecule has 1 atom stereocenters. The monoisotopic (exact) mass is 344 g/mol. The molecule has 1 saturated heterocycles. The van der Waals surface area contributed by atoms with Crippen LogP contribution in [-0.4, -0.2) is 64.6 Å². The van der Waals surface area contributed by atoms with E-state index in [1.165, 1.54) is 0 Å². The standard InChI is InChI=1S/C19H28N4O2/c1-4-25-11-10-22-9-8-21(13-16(22)3)14-17-12-18(24)23-7-5-6-15(2)19(23)20-17/h5-7,12,16H,4,8-11,13-14H2,1-3H3/t16-/m0/s1. The van der Waals surface area contributed by atoms with E-state index in [1.807, 2.05) is 26.0 Å². The topological polar surface area (TPSA) is 50.1 Å². The van der Waals surface area contributed by atoms with E-state index in [4.69, 9.17) is 9.72 Å². The third-order valence-corrected chi connectivity index (χ3v) is 4.90. The second kappa shape index (κ2) is 8.08. The molecule has 0 spiro atoms. The Morgan fingerprint density at radius 3 is 2.96 bits per heavy atom. The van der Waals surface area contributed by atoms with Crippen LogP contribution in [-0.2, 0) is 11.3 Å². The van der Waals surface area contributed by atoms with Gasteiger partial charge in [-0.25, -0.2) is 4.98 Å². The molecule has 1 aliphatic rings. The number of hydrogen-bond donors (Lipinski definition) is 0. The van der Waals surface area contributed by atoms with Crippen molar-refractivity contribution in [3.63, 3.8) is 0 Å². The molecule has 2 aromatic rings. The number of rotatable bonds is 6. The normalized spacial score (nSPS) is 19.6. The van der Waals surface area contributed by atoms with Gasteiger partial charge in [-0.15, -0.1) is 0 Å². The van der Waals surface area contributed by atoms with Gasteiger partial charge >= 0.3 is 0 Å². The van der Waals surface area contributed by atoms with E-state index in [1.54, 1.807) is 16.7 Å². The highest BCUT2D eigenvalue weighted by molar-refractivity contribution is 5.46. The maximum absolute atomic E-state index is 12.3. The van der Waals surface area contributed by atoms with Crippen LogP contribution in [0.5, 0.6) is 0 Å². The Kier molecular flexibility index (Phi) is 5.83. The van der Waals surface area contributed by atoms with Crippen LogP contribution in [0.3, 0.4) is 0 Å². The van der Waals surface area contributed by atoms with E-state index in [0.717, 1.165) is 62.8 Å². The molecule has 0 bridgehead atoms. The molecule has 3 rings (SSSR count). The van der Waals surface area contributed by atoms with Crippen molar-refractivity contribution in [3.05, 3.63) is 46.0 Å². The summed E-state index contributed by atoms with van der Waals surface area (Å²) in [5.74, 6) is 0. The summed E-state index contributed by atoms with van der Waals surface area (Å²) in [6, 6.07) is 6.02. The van der Waals surface area contributed by atoms with Crippen LogP contribution >= 0.6 is 0 Å². The number of hydrogen-bond acceptors (Lipinski definition) is 5. The predicted octanol–water partition coefficient (Wildman–Crippen LogP) is 1.55. The summed E-state index contributed by atoms with van der Waals surface area (Å²) < 4.78 is 7.09. The first-order valence-corrected chi connectivity index (χ1v) is 9.10. The van der Waals surface area contributed by atoms with Gasteiger partial charge in [-0.2, -0.15) is 0 Å². The average molecular weight is 344 g/mol. The molecular weight excluding hydrogens is 316 g/mol. The fourth-order valence-corrected chi connectivity index (χ4v) is 3.49. The molecule has 1 aliphatic heterocycles. The fourth-order valence-electron chi connectivity index (χ4n) is 3.49. The molecule has 136 valence electrons. The molecular formula is C19H28N4O2. The molecule has 6 nitrogen and oxygen atoms in total. The maximum Gasteiger partial charge on any atom is 0.258 e. The molecule has 25 heavy (non-hydrogen) atoms. The molecule has 0 aromatic carbocycles. The van der Waals surface area contributed by atoms with Crippen LogP contribution in [0, 0.1) is 6.92 Å². The molecule has 0 saturated carbocycles. The summed E-state index contributed by atoms with van der Waals surface area (Å²) in [6.45, 7) is 12.6. The first kappa shape index (κ1) is 18.0. The predicted molar refractivity (Wildman–Crippen MR) is 99.0 cm³/mol. The minimum atomic E-state index is -0.00732. The van der Waals surface area contributed by atoms with E-state index >= 15 is 0 Å². The highest BCUT2D eigenvalue weighted by Gasteiger charge is 2.23. The zero-order valence-corrected chi connectivity index (χ0v) is 15.4. The first-order chi connectivity index (χ1) is 12.1. The van der Waals surface area contributed by atoms with E-state index in [0.29, 0.717) is 6.04 Å². The van der Waals surface area contributed by atoms with Gasteiger partial charge in [-0.1, -0.05) is 6.07 Å². The molecule has 0 radical (unpaired) electrons. The molecule has 0 amide bonds. The number of aromatic nitrogens is 2. The van der Waals surface area contributed by atoms with Gasteiger partial charge in [-0.05, 0) is 32.4 Å². The van der Waals surface area contributed by atoms with Gasteiger partial charge < -0.3 is 4.74 Å². The molecule has 3 heterocycles. The van der Waals surface area contributed by atoms with Gasteiger partial charge in [0.25, 0.3) is 5.56 Å². The Balaban J connectivity index is 1.67. The number of piperazine rings is 1. The lowest BCUT2D eigenvalue weighted by Crippen LogP contribution is -2.52. The zero-order chi connectivity index (χ0) is 17.8. The molecule has 0 unspecified atom stereocenters. The lowest BCUT2D eigenvalue weighted by Gasteiger charge is -2.39. The quantitative estimate of drug-likeness (QED) is 0.744. The summed E-state index contributed by atoms with van der Waals surface area (Å²) in [7, 11) is 0. The van der Waals surface area contributed by atoms with Gasteiger partial charge in [0.05, 0.1) is 12.3 Å². The van der Waals surface area contributed by atoms with Crippen LogP contribution in [0.2, 0.25) is 0 Å². The summed E-state index contributed by atoms with van der Waals surface area (Å²) in [5.41, 5.74) is 2.63. The van der Waals surface area contributed by atoms with Crippen molar-refractivity contribution in [3.8, 4) is 0 Å². The van der Waals surface area contributed by atoms with Crippen molar-refractivity contribution in [2.45, 2.75) is 33.4 Å². The van der Waals surface area contributed by atoms with E-state index in [9.17, 15) is 4.79 Å². The summed E-state index contributed by atoms with van der Waals surface area (Å²) in [4.78, 5) is 21.9. The molecule has 0 N–H and O–H groups in total. The number of fused-ring (bicyclic) bond motifs is 1. The van der Waals surface area contributed by atoms with Crippen molar-refractivity contribution in [2.75, 3.05) is 39.4 Å². The Morgan fingerprint density at radius 2 is 2.20 bits per heavy atom. The number of aryl methyl sites for hydroxylation is 1. The first-order valence-electron chi connectivity index (χ1n) is 9.10. The smallest absolute Gasteiger partial charge is 0.258 e. The second-order valence-corrected chi connectivity index (χ2v) is 6.79. The Labute approximate surface area is 149 Å². The molecule has 6 heteroatoms. The highest BCUT2D eigenvalue weighted by atomic mass is 16.5. The van der Waals surface area contributed by atoms with Crippen LogP contribution < -0.4 is 5.56 Å². The van der Waals surface area contributed by atoms with Crippen molar-refractivity contribution in [1.82, 2.24) is 19.2 Å². The summed E-state index contributed by atoms with van der Waals surface area (Å²) >= 11 is 0. The third-order valence-electron chi connectivity index (χ3n) is 4.90. The second-order valence-electron chi connectivity index (χ2n) is 6.79. The van der Waals surface area contributed by atoms with Crippen molar-refractivity contribution in [1.29, 1.82) is 0 Å². The van der Waals surface area contributed by atoms with E-state index < -0.39 is 0 Å². The summed E-state index contributed by atoms with van der Waals surface area (Å²) in [5, 5.41) is 0. The van der Waals surface area contributed by atoms with Gasteiger partial charge in [0.15, 0.2) is 0 Å². The Hall–Kier alpha value is -1.76. The van der Waals surface area contributed by atoms with Crippen LogP contribution in [0.1, 0.15) is 25.1 Å². The van der Waals surface area contributed by atoms with Crippen LogP contribution in [0.4, 0.5) is 0 Å². The lowest BCUT2D eigenvalue weighted by molar-refractivity contribution is 0.0462. The lowest BCUT2D eigenvalue weighted by atomic mass is 10.2. The number of pyridine rings is 1. The van der Waals surface area contributed by atoms with Gasteiger partial charge in [0, 0.05) is 57.6 Å². The van der Waals surface area contributed by atoms with Crippen molar-refractivity contribution in [2.24, 2.45) is 0 Å². The Bertz CT molecular complexity index is 774. The molecule has 2 aromatic heterocycles. The third kappa shape index (κ3) is 4.26. The van der Waals surface area contributed by atoms with Crippen molar-refractivity contribution >= 4 is 5.65 Å². The highest BCUT2D eigenvalue weighted by Crippen LogP contribution is 2.13. The molecule has 0 aliphatic carbocycles. The van der Waals surface area contributed by atoms with Gasteiger partial charge in [0.1, 0.15) is 5.65 Å². The Morgan fingerprint density at radius 1 is 1.36 bits per heavy atom. The SMILES string of the molecule is CCOCCN1CCN(Cc2cc(=O)n3cccc(C)c3n2)C[C@@H]1C. The van der Waals surface area contributed by atoms with Crippen molar-refractivity contribution < 1.29 is 4.74 Å². The van der Waals surface area contributed by atoms with Gasteiger partial charge in [-0.3, -0.25) is 19.0 Å². The zero-order valence-electron chi connectivity index (χ0n) is 15.4. The van der Waals surface area contributed by atoms with Crippen LogP contribution in [0.25, 0.3) is 5.65 Å². The minimum Gasteiger partial charge on any atom is -0.380 e. The average Bonchev–Trinajstić information content (AvgIpc) is 2.58.